The molecular weight excluding hydrogens is 288 g/mol. The number of rotatable bonds is 4. The van der Waals surface area contributed by atoms with E-state index in [1.807, 2.05) is 36.9 Å². The van der Waals surface area contributed by atoms with Crippen LogP contribution in [0.2, 0.25) is 0 Å². The summed E-state index contributed by atoms with van der Waals surface area (Å²) in [6.45, 7) is 7.58. The highest BCUT2D eigenvalue weighted by atomic mass is 15.4. The van der Waals surface area contributed by atoms with Gasteiger partial charge in [-0.2, -0.15) is 0 Å². The van der Waals surface area contributed by atoms with Gasteiger partial charge in [0.25, 0.3) is 0 Å². The molecule has 0 aromatic carbocycles. The van der Waals surface area contributed by atoms with E-state index in [0.29, 0.717) is 6.04 Å². The first kappa shape index (κ1) is 14.5. The molecule has 4 rings (SSSR count). The van der Waals surface area contributed by atoms with Crippen LogP contribution >= 0.6 is 0 Å². The van der Waals surface area contributed by atoms with Crippen molar-refractivity contribution < 1.29 is 0 Å². The Bertz CT molecular complexity index is 605. The molecule has 120 valence electrons. The molecule has 2 saturated heterocycles. The molecule has 23 heavy (non-hydrogen) atoms. The van der Waals surface area contributed by atoms with E-state index in [2.05, 4.69) is 35.7 Å². The van der Waals surface area contributed by atoms with E-state index in [0.717, 1.165) is 51.8 Å². The molecule has 2 aliphatic rings. The van der Waals surface area contributed by atoms with Gasteiger partial charge in [-0.3, -0.25) is 14.8 Å². The van der Waals surface area contributed by atoms with Crippen LogP contribution in [-0.4, -0.2) is 70.1 Å². The summed E-state index contributed by atoms with van der Waals surface area (Å²) in [5.41, 5.74) is 1.30. The van der Waals surface area contributed by atoms with Crippen LogP contribution in [0.5, 0.6) is 0 Å². The Morgan fingerprint density at radius 1 is 0.957 bits per heavy atom. The number of likely N-dealkylation sites (tertiary alicyclic amines) is 1. The molecule has 2 aliphatic heterocycles. The normalized spacial score (nSPS) is 20.4. The van der Waals surface area contributed by atoms with Gasteiger partial charge < -0.3 is 4.90 Å². The summed E-state index contributed by atoms with van der Waals surface area (Å²) in [5, 5.41) is 0. The first-order chi connectivity index (χ1) is 11.4. The minimum Gasteiger partial charge on any atom is -0.338 e. The van der Waals surface area contributed by atoms with Crippen molar-refractivity contribution in [1.82, 2.24) is 24.8 Å². The minimum atomic E-state index is 0.700. The number of piperazine rings is 1. The maximum absolute atomic E-state index is 4.35. The summed E-state index contributed by atoms with van der Waals surface area (Å²) in [7, 11) is 0. The van der Waals surface area contributed by atoms with Crippen LogP contribution in [0, 0.1) is 0 Å². The lowest BCUT2D eigenvalue weighted by atomic mass is 10.0. The molecule has 2 aromatic heterocycles. The van der Waals surface area contributed by atoms with Crippen LogP contribution in [-0.2, 0) is 6.54 Å². The average Bonchev–Trinajstić information content (AvgIpc) is 2.60. The summed E-state index contributed by atoms with van der Waals surface area (Å²) in [6, 6.07) is 6.73. The Morgan fingerprint density at radius 2 is 1.74 bits per heavy atom. The zero-order valence-corrected chi connectivity index (χ0v) is 13.3. The van der Waals surface area contributed by atoms with Crippen LogP contribution in [0.4, 0.5) is 5.95 Å². The van der Waals surface area contributed by atoms with Gasteiger partial charge in [-0.15, -0.1) is 0 Å². The van der Waals surface area contributed by atoms with Gasteiger partial charge in [0.15, 0.2) is 0 Å². The van der Waals surface area contributed by atoms with Crippen molar-refractivity contribution in [2.45, 2.75) is 12.6 Å². The minimum absolute atomic E-state index is 0.700. The van der Waals surface area contributed by atoms with Crippen LogP contribution < -0.4 is 4.90 Å². The molecule has 0 saturated carbocycles. The maximum Gasteiger partial charge on any atom is 0.225 e. The smallest absolute Gasteiger partial charge is 0.225 e. The zero-order valence-electron chi connectivity index (χ0n) is 13.3. The molecule has 0 atom stereocenters. The zero-order chi connectivity index (χ0) is 15.5. The molecule has 0 radical (unpaired) electrons. The molecule has 0 aliphatic carbocycles. The summed E-state index contributed by atoms with van der Waals surface area (Å²) in [5.74, 6) is 0.860. The Kier molecular flexibility index (Phi) is 4.17. The fourth-order valence-electron chi connectivity index (χ4n) is 3.39. The van der Waals surface area contributed by atoms with E-state index in [4.69, 9.17) is 0 Å². The van der Waals surface area contributed by atoms with E-state index >= 15 is 0 Å². The number of hydrogen-bond acceptors (Lipinski definition) is 6. The fraction of sp³-hybridized carbons (Fsp3) is 0.471. The highest BCUT2D eigenvalue weighted by Gasteiger charge is 2.33. The summed E-state index contributed by atoms with van der Waals surface area (Å²) in [4.78, 5) is 20.3. The molecule has 0 bridgehead atoms. The number of nitrogens with zero attached hydrogens (tertiary/aromatic N) is 6. The first-order valence-electron chi connectivity index (χ1n) is 8.26. The van der Waals surface area contributed by atoms with E-state index in [-0.39, 0.29) is 0 Å². The van der Waals surface area contributed by atoms with E-state index < -0.39 is 0 Å². The van der Waals surface area contributed by atoms with Gasteiger partial charge in [0.1, 0.15) is 0 Å². The van der Waals surface area contributed by atoms with Gasteiger partial charge in [-0.05, 0) is 17.7 Å². The lowest BCUT2D eigenvalue weighted by Crippen LogP contribution is -2.62. The van der Waals surface area contributed by atoms with Crippen LogP contribution in [0.3, 0.4) is 0 Å². The second kappa shape index (κ2) is 6.60. The molecule has 4 heterocycles. The number of hydrogen-bond donors (Lipinski definition) is 0. The van der Waals surface area contributed by atoms with Crippen molar-refractivity contribution in [2.24, 2.45) is 0 Å². The van der Waals surface area contributed by atoms with Gasteiger partial charge in [0.05, 0.1) is 0 Å². The molecule has 2 aromatic rings. The van der Waals surface area contributed by atoms with Gasteiger partial charge in [-0.1, -0.05) is 6.07 Å². The highest BCUT2D eigenvalue weighted by molar-refractivity contribution is 5.29. The third-order valence-corrected chi connectivity index (χ3v) is 4.73. The summed E-state index contributed by atoms with van der Waals surface area (Å²) >= 11 is 0. The predicted molar refractivity (Wildman–Crippen MR) is 89.1 cm³/mol. The molecule has 0 amide bonds. The third-order valence-electron chi connectivity index (χ3n) is 4.73. The van der Waals surface area contributed by atoms with Crippen molar-refractivity contribution >= 4 is 5.95 Å². The van der Waals surface area contributed by atoms with E-state index in [9.17, 15) is 0 Å². The fourth-order valence-corrected chi connectivity index (χ4v) is 3.39. The number of anilines is 1. The second-order valence-corrected chi connectivity index (χ2v) is 6.28. The topological polar surface area (TPSA) is 48.4 Å². The summed E-state index contributed by atoms with van der Waals surface area (Å²) < 4.78 is 0. The van der Waals surface area contributed by atoms with Crippen molar-refractivity contribution in [3.8, 4) is 0 Å². The number of aromatic nitrogens is 3. The lowest BCUT2D eigenvalue weighted by molar-refractivity contribution is 0.0254. The summed E-state index contributed by atoms with van der Waals surface area (Å²) in [6.07, 6.45) is 7.43. The largest absolute Gasteiger partial charge is 0.338 e. The van der Waals surface area contributed by atoms with Crippen molar-refractivity contribution in [1.29, 1.82) is 0 Å². The monoisotopic (exact) mass is 310 g/mol. The predicted octanol–water partition coefficient (Wildman–Crippen LogP) is 0.878. The average molecular weight is 310 g/mol. The molecule has 2 fully saturated rings. The van der Waals surface area contributed by atoms with Crippen LogP contribution in [0.1, 0.15) is 5.56 Å². The quantitative estimate of drug-likeness (QED) is 0.835. The van der Waals surface area contributed by atoms with E-state index in [1.165, 1.54) is 5.56 Å². The molecule has 0 N–H and O–H groups in total. The Hall–Kier alpha value is -2.05. The van der Waals surface area contributed by atoms with E-state index in [1.54, 1.807) is 0 Å². The Morgan fingerprint density at radius 3 is 2.43 bits per heavy atom. The van der Waals surface area contributed by atoms with Gasteiger partial charge in [-0.25, -0.2) is 9.97 Å². The highest BCUT2D eigenvalue weighted by Crippen LogP contribution is 2.20. The molecular formula is C17H22N6. The van der Waals surface area contributed by atoms with Crippen molar-refractivity contribution in [3.63, 3.8) is 0 Å². The lowest BCUT2D eigenvalue weighted by Gasteiger charge is -2.48. The van der Waals surface area contributed by atoms with Gasteiger partial charge in [0, 0.05) is 76.6 Å². The van der Waals surface area contributed by atoms with Crippen molar-refractivity contribution in [3.05, 3.63) is 48.5 Å². The maximum atomic E-state index is 4.35. The molecule has 0 spiro atoms. The van der Waals surface area contributed by atoms with Gasteiger partial charge in [0.2, 0.25) is 5.95 Å². The molecule has 6 nitrogen and oxygen atoms in total. The molecule has 0 unspecified atom stereocenters. The standard InChI is InChI=1S/C17H22N6/c1-3-15(11-18-4-1)12-21-13-16(14-21)22-7-9-23(10-8-22)17-19-5-2-6-20-17/h1-6,11,16H,7-10,12-14H2. The van der Waals surface area contributed by atoms with Crippen molar-refractivity contribution in [2.75, 3.05) is 44.2 Å². The third kappa shape index (κ3) is 3.33. The first-order valence-corrected chi connectivity index (χ1v) is 8.26. The van der Waals surface area contributed by atoms with Crippen LogP contribution in [0.25, 0.3) is 0 Å². The molecule has 6 heteroatoms. The second-order valence-electron chi connectivity index (χ2n) is 6.28. The Labute approximate surface area is 136 Å². The van der Waals surface area contributed by atoms with Crippen LogP contribution in [0.15, 0.2) is 43.0 Å². The SMILES string of the molecule is c1cnc(N2CCN(C3CN(Cc4cccnc4)C3)CC2)nc1. The number of pyridine rings is 1. The van der Waals surface area contributed by atoms with Gasteiger partial charge >= 0.3 is 0 Å². The Balaban J connectivity index is 1.23.